The van der Waals surface area contributed by atoms with E-state index in [1.807, 2.05) is 13.8 Å². The highest BCUT2D eigenvalue weighted by molar-refractivity contribution is 6.80. The van der Waals surface area contributed by atoms with Gasteiger partial charge in [0.25, 0.3) is 0 Å². The lowest BCUT2D eigenvalue weighted by atomic mass is 9.75. The molecular weight excluding hydrogens is 228 g/mol. The van der Waals surface area contributed by atoms with Crippen molar-refractivity contribution in [3.05, 3.63) is 11.8 Å². The standard InChI is InChI=1S/C14H28O2Si/c1-13(2,9-10-17(6,7)8)11-14(3,4)12(15)16-5/h9-10H,11H2,1-8H3/b10-9-. The average molecular weight is 256 g/mol. The Morgan fingerprint density at radius 3 is 2.00 bits per heavy atom. The number of ether oxygens (including phenoxy) is 1. The molecule has 0 aromatic rings. The van der Waals surface area contributed by atoms with Gasteiger partial charge in [0, 0.05) is 0 Å². The highest BCUT2D eigenvalue weighted by Gasteiger charge is 2.34. The summed E-state index contributed by atoms with van der Waals surface area (Å²) in [4.78, 5) is 11.7. The van der Waals surface area contributed by atoms with Gasteiger partial charge in [-0.2, -0.15) is 0 Å². The Bertz CT molecular complexity index is 296. The molecule has 0 bridgehead atoms. The Labute approximate surface area is 107 Å². The number of carbonyl (C=O) groups excluding carboxylic acids is 1. The molecule has 0 radical (unpaired) electrons. The molecule has 0 aliphatic carbocycles. The van der Waals surface area contributed by atoms with Crippen LogP contribution in [0.1, 0.15) is 34.1 Å². The molecule has 17 heavy (non-hydrogen) atoms. The zero-order valence-corrected chi connectivity index (χ0v) is 13.7. The van der Waals surface area contributed by atoms with Gasteiger partial charge in [-0.05, 0) is 25.7 Å². The van der Waals surface area contributed by atoms with Gasteiger partial charge in [0.15, 0.2) is 0 Å². The van der Waals surface area contributed by atoms with E-state index in [2.05, 4.69) is 45.3 Å². The molecule has 0 aliphatic heterocycles. The zero-order valence-electron chi connectivity index (χ0n) is 12.7. The third-order valence-corrected chi connectivity index (χ3v) is 3.84. The molecule has 0 saturated heterocycles. The summed E-state index contributed by atoms with van der Waals surface area (Å²) in [7, 11) is 0.279. The number of esters is 1. The van der Waals surface area contributed by atoms with Crippen molar-refractivity contribution in [2.75, 3.05) is 7.11 Å². The van der Waals surface area contributed by atoms with E-state index in [9.17, 15) is 4.79 Å². The molecule has 0 N–H and O–H groups in total. The number of carbonyl (C=O) groups is 1. The first kappa shape index (κ1) is 16.4. The lowest BCUT2D eigenvalue weighted by Crippen LogP contribution is -2.31. The maximum absolute atomic E-state index is 11.7. The molecule has 0 atom stereocenters. The Hall–Kier alpha value is -0.573. The van der Waals surface area contributed by atoms with Crippen LogP contribution in [0.25, 0.3) is 0 Å². The topological polar surface area (TPSA) is 26.3 Å². The van der Waals surface area contributed by atoms with Crippen molar-refractivity contribution in [1.29, 1.82) is 0 Å². The summed E-state index contributed by atoms with van der Waals surface area (Å²) in [5.41, 5.74) is 1.94. The highest BCUT2D eigenvalue weighted by atomic mass is 28.3. The second kappa shape index (κ2) is 5.38. The van der Waals surface area contributed by atoms with E-state index < -0.39 is 13.5 Å². The van der Waals surface area contributed by atoms with Gasteiger partial charge in [-0.25, -0.2) is 0 Å². The van der Waals surface area contributed by atoms with Gasteiger partial charge in [-0.3, -0.25) is 4.79 Å². The lowest BCUT2D eigenvalue weighted by Gasteiger charge is -2.31. The fourth-order valence-electron chi connectivity index (χ4n) is 2.02. The van der Waals surface area contributed by atoms with Gasteiger partial charge in [0.05, 0.1) is 20.6 Å². The predicted molar refractivity (Wildman–Crippen MR) is 76.7 cm³/mol. The van der Waals surface area contributed by atoms with Crippen molar-refractivity contribution in [3.63, 3.8) is 0 Å². The largest absolute Gasteiger partial charge is 0.469 e. The van der Waals surface area contributed by atoms with Crippen LogP contribution in [0.5, 0.6) is 0 Å². The molecule has 0 spiro atoms. The first-order valence-corrected chi connectivity index (χ1v) is 9.76. The number of methoxy groups -OCH3 is 1. The molecule has 0 saturated carbocycles. The smallest absolute Gasteiger partial charge is 0.311 e. The summed E-state index contributed by atoms with van der Waals surface area (Å²) < 4.78 is 4.85. The van der Waals surface area contributed by atoms with Crippen LogP contribution in [0, 0.1) is 10.8 Å². The van der Waals surface area contributed by atoms with Crippen LogP contribution in [0.15, 0.2) is 11.8 Å². The summed E-state index contributed by atoms with van der Waals surface area (Å²) >= 11 is 0. The van der Waals surface area contributed by atoms with Crippen LogP contribution in [-0.4, -0.2) is 21.2 Å². The van der Waals surface area contributed by atoms with Gasteiger partial charge in [-0.15, -0.1) is 0 Å². The molecule has 0 fully saturated rings. The quantitative estimate of drug-likeness (QED) is 0.548. The number of allylic oxidation sites excluding steroid dienone is 1. The first-order valence-electron chi connectivity index (χ1n) is 6.18. The Balaban J connectivity index is 4.76. The summed E-state index contributed by atoms with van der Waals surface area (Å²) in [6.07, 6.45) is 3.07. The molecule has 0 rings (SSSR count). The third kappa shape index (κ3) is 6.67. The third-order valence-electron chi connectivity index (χ3n) is 2.67. The van der Waals surface area contributed by atoms with Crippen molar-refractivity contribution in [2.24, 2.45) is 10.8 Å². The van der Waals surface area contributed by atoms with E-state index in [4.69, 9.17) is 4.74 Å². The van der Waals surface area contributed by atoms with Gasteiger partial charge in [-0.1, -0.05) is 45.3 Å². The lowest BCUT2D eigenvalue weighted by molar-refractivity contribution is -0.152. The van der Waals surface area contributed by atoms with Crippen molar-refractivity contribution in [3.8, 4) is 0 Å². The molecule has 0 unspecified atom stereocenters. The fraction of sp³-hybridized carbons (Fsp3) is 0.786. The molecule has 0 amide bonds. The minimum Gasteiger partial charge on any atom is -0.469 e. The van der Waals surface area contributed by atoms with Crippen molar-refractivity contribution in [2.45, 2.75) is 53.8 Å². The van der Waals surface area contributed by atoms with Gasteiger partial charge >= 0.3 is 5.97 Å². The van der Waals surface area contributed by atoms with E-state index in [0.717, 1.165) is 6.42 Å². The fourth-order valence-corrected chi connectivity index (χ4v) is 2.97. The Morgan fingerprint density at radius 1 is 1.18 bits per heavy atom. The molecule has 0 aromatic heterocycles. The minimum absolute atomic E-state index is 0.0258. The number of hydrogen-bond donors (Lipinski definition) is 0. The SMILES string of the molecule is COC(=O)C(C)(C)CC(C)(C)/C=C\[Si](C)(C)C. The normalized spacial score (nSPS) is 14.1. The van der Waals surface area contributed by atoms with Crippen LogP contribution < -0.4 is 0 Å². The minimum atomic E-state index is -1.17. The zero-order chi connectivity index (χ0) is 13.9. The van der Waals surface area contributed by atoms with E-state index in [1.54, 1.807) is 0 Å². The molecular formula is C14H28O2Si. The van der Waals surface area contributed by atoms with Crippen LogP contribution >= 0.6 is 0 Å². The second-order valence-electron chi connectivity index (χ2n) is 7.24. The molecule has 3 heteroatoms. The Kier molecular flexibility index (Phi) is 5.20. The van der Waals surface area contributed by atoms with Crippen LogP contribution in [0.3, 0.4) is 0 Å². The monoisotopic (exact) mass is 256 g/mol. The van der Waals surface area contributed by atoms with Crippen molar-refractivity contribution in [1.82, 2.24) is 0 Å². The highest BCUT2D eigenvalue weighted by Crippen LogP contribution is 2.35. The maximum atomic E-state index is 11.7. The molecule has 0 aliphatic rings. The molecule has 0 aromatic carbocycles. The van der Waals surface area contributed by atoms with Crippen molar-refractivity contribution >= 4 is 14.0 Å². The van der Waals surface area contributed by atoms with Crippen LogP contribution in [-0.2, 0) is 9.53 Å². The van der Waals surface area contributed by atoms with Gasteiger partial charge in [0.1, 0.15) is 0 Å². The van der Waals surface area contributed by atoms with Gasteiger partial charge in [0.2, 0.25) is 0 Å². The Morgan fingerprint density at radius 2 is 1.65 bits per heavy atom. The summed E-state index contributed by atoms with van der Waals surface area (Å²) in [5, 5.41) is 0. The summed E-state index contributed by atoms with van der Waals surface area (Å²) in [6.45, 7) is 15.2. The average Bonchev–Trinajstić information content (AvgIpc) is 2.11. The van der Waals surface area contributed by atoms with Crippen molar-refractivity contribution < 1.29 is 9.53 Å². The summed E-state index contributed by atoms with van der Waals surface area (Å²) in [6, 6.07) is 0. The molecule has 2 nitrogen and oxygen atoms in total. The molecule has 0 heterocycles. The molecule has 100 valence electrons. The van der Waals surface area contributed by atoms with E-state index in [-0.39, 0.29) is 11.4 Å². The summed E-state index contributed by atoms with van der Waals surface area (Å²) in [5.74, 6) is -0.132. The number of hydrogen-bond acceptors (Lipinski definition) is 2. The van der Waals surface area contributed by atoms with E-state index in [0.29, 0.717) is 0 Å². The predicted octanol–water partition coefficient (Wildman–Crippen LogP) is 4.04. The number of rotatable bonds is 5. The van der Waals surface area contributed by atoms with E-state index in [1.165, 1.54) is 7.11 Å². The van der Waals surface area contributed by atoms with E-state index >= 15 is 0 Å². The van der Waals surface area contributed by atoms with Crippen LogP contribution in [0.4, 0.5) is 0 Å². The first-order chi connectivity index (χ1) is 7.40. The second-order valence-corrected chi connectivity index (χ2v) is 12.3. The van der Waals surface area contributed by atoms with Crippen LogP contribution in [0.2, 0.25) is 19.6 Å². The maximum Gasteiger partial charge on any atom is 0.311 e. The van der Waals surface area contributed by atoms with Gasteiger partial charge < -0.3 is 4.74 Å².